The highest BCUT2D eigenvalue weighted by Crippen LogP contribution is 2.38. The summed E-state index contributed by atoms with van der Waals surface area (Å²) >= 11 is 11.7. The van der Waals surface area contributed by atoms with Crippen LogP contribution in [0.15, 0.2) is 18.2 Å². The molecule has 0 aromatic heterocycles. The van der Waals surface area contributed by atoms with Gasteiger partial charge in [-0.3, -0.25) is 4.79 Å². The monoisotopic (exact) mass is 272 g/mol. The number of carbonyl (C=O) groups is 1. The highest BCUT2D eigenvalue weighted by atomic mass is 35.5. The number of hydrogen-bond donors (Lipinski definition) is 2. The molecule has 1 amide bonds. The molecule has 0 spiro atoms. The lowest BCUT2D eigenvalue weighted by Crippen LogP contribution is -2.50. The summed E-state index contributed by atoms with van der Waals surface area (Å²) in [7, 11) is 0. The molecule has 17 heavy (non-hydrogen) atoms. The second-order valence-electron chi connectivity index (χ2n) is 4.64. The third kappa shape index (κ3) is 2.73. The number of amides is 1. The summed E-state index contributed by atoms with van der Waals surface area (Å²) in [6, 6.07) is 4.96. The molecule has 2 rings (SSSR count). The van der Waals surface area contributed by atoms with Gasteiger partial charge in [0.1, 0.15) is 0 Å². The van der Waals surface area contributed by atoms with Gasteiger partial charge in [-0.2, -0.15) is 0 Å². The Bertz CT molecular complexity index is 456. The van der Waals surface area contributed by atoms with E-state index in [1.165, 1.54) is 0 Å². The Hall–Kier alpha value is -0.770. The minimum Gasteiger partial charge on any atom is -0.324 e. The van der Waals surface area contributed by atoms with Crippen LogP contribution in [0.5, 0.6) is 0 Å². The Morgan fingerprint density at radius 1 is 1.41 bits per heavy atom. The Labute approximate surface area is 110 Å². The first-order valence-corrected chi connectivity index (χ1v) is 6.22. The molecule has 1 unspecified atom stereocenters. The van der Waals surface area contributed by atoms with E-state index in [0.717, 1.165) is 12.8 Å². The molecule has 0 saturated heterocycles. The molecule has 1 aromatic carbocycles. The maximum Gasteiger partial charge on any atom is 0.244 e. The molecule has 92 valence electrons. The zero-order chi connectivity index (χ0) is 12.6. The molecule has 1 atom stereocenters. The van der Waals surface area contributed by atoms with E-state index in [1.807, 2.05) is 0 Å². The summed E-state index contributed by atoms with van der Waals surface area (Å²) in [4.78, 5) is 12.0. The van der Waals surface area contributed by atoms with Crippen LogP contribution in [0.2, 0.25) is 10.0 Å². The summed E-state index contributed by atoms with van der Waals surface area (Å²) in [5.41, 5.74) is 5.81. The molecule has 1 fully saturated rings. The fraction of sp³-hybridized carbons (Fsp3) is 0.417. The molecule has 0 heterocycles. The SMILES string of the molecule is CC(N)(C(=O)Nc1ccc(Cl)c(Cl)c1)C1CC1. The lowest BCUT2D eigenvalue weighted by molar-refractivity contribution is -0.121. The molecule has 3 N–H and O–H groups in total. The summed E-state index contributed by atoms with van der Waals surface area (Å²) in [6.07, 6.45) is 2.03. The molecule has 5 heteroatoms. The zero-order valence-electron chi connectivity index (χ0n) is 9.47. The number of nitrogens with two attached hydrogens (primary N) is 1. The van der Waals surface area contributed by atoms with Gasteiger partial charge in [0, 0.05) is 5.69 Å². The van der Waals surface area contributed by atoms with Crippen molar-refractivity contribution >= 4 is 34.8 Å². The van der Waals surface area contributed by atoms with E-state index >= 15 is 0 Å². The van der Waals surface area contributed by atoms with Crippen LogP contribution in [0, 0.1) is 5.92 Å². The summed E-state index contributed by atoms with van der Waals surface area (Å²) in [6.45, 7) is 1.76. The molecule has 0 aliphatic heterocycles. The maximum atomic E-state index is 12.0. The summed E-state index contributed by atoms with van der Waals surface area (Å²) < 4.78 is 0. The second-order valence-corrected chi connectivity index (χ2v) is 5.45. The number of anilines is 1. The quantitative estimate of drug-likeness (QED) is 0.889. The van der Waals surface area contributed by atoms with Crippen molar-refractivity contribution in [3.8, 4) is 0 Å². The van der Waals surface area contributed by atoms with Crippen LogP contribution in [-0.2, 0) is 4.79 Å². The van der Waals surface area contributed by atoms with E-state index in [-0.39, 0.29) is 11.8 Å². The van der Waals surface area contributed by atoms with Crippen LogP contribution in [0.4, 0.5) is 5.69 Å². The van der Waals surface area contributed by atoms with Crippen molar-refractivity contribution in [1.29, 1.82) is 0 Å². The van der Waals surface area contributed by atoms with Gasteiger partial charge in [-0.05, 0) is 43.9 Å². The Balaban J connectivity index is 2.10. The average molecular weight is 273 g/mol. The zero-order valence-corrected chi connectivity index (χ0v) is 11.0. The topological polar surface area (TPSA) is 55.1 Å². The van der Waals surface area contributed by atoms with Crippen molar-refractivity contribution in [2.24, 2.45) is 11.7 Å². The summed E-state index contributed by atoms with van der Waals surface area (Å²) in [5, 5.41) is 3.64. The van der Waals surface area contributed by atoms with Crippen LogP contribution in [0.25, 0.3) is 0 Å². The van der Waals surface area contributed by atoms with Crippen LogP contribution < -0.4 is 11.1 Å². The van der Waals surface area contributed by atoms with E-state index in [9.17, 15) is 4.79 Å². The molecule has 1 aromatic rings. The van der Waals surface area contributed by atoms with Gasteiger partial charge in [0.15, 0.2) is 0 Å². The number of benzene rings is 1. The van der Waals surface area contributed by atoms with Crippen LogP contribution in [-0.4, -0.2) is 11.4 Å². The first kappa shape index (κ1) is 12.7. The fourth-order valence-corrected chi connectivity index (χ4v) is 2.01. The minimum atomic E-state index is -0.813. The third-order valence-corrected chi connectivity index (χ3v) is 3.83. The highest BCUT2D eigenvalue weighted by Gasteiger charge is 2.44. The number of nitrogens with one attached hydrogen (secondary N) is 1. The molecule has 1 aliphatic rings. The van der Waals surface area contributed by atoms with Gasteiger partial charge in [0.2, 0.25) is 5.91 Å². The highest BCUT2D eigenvalue weighted by molar-refractivity contribution is 6.42. The van der Waals surface area contributed by atoms with Gasteiger partial charge in [-0.25, -0.2) is 0 Å². The number of halogens is 2. The Kier molecular flexibility index (Phi) is 3.34. The van der Waals surface area contributed by atoms with Crippen molar-refractivity contribution in [3.05, 3.63) is 28.2 Å². The van der Waals surface area contributed by atoms with E-state index in [4.69, 9.17) is 28.9 Å². The van der Waals surface area contributed by atoms with Crippen molar-refractivity contribution in [3.63, 3.8) is 0 Å². The smallest absolute Gasteiger partial charge is 0.244 e. The largest absolute Gasteiger partial charge is 0.324 e. The summed E-state index contributed by atoms with van der Waals surface area (Å²) in [5.74, 6) is 0.101. The molecule has 0 radical (unpaired) electrons. The lowest BCUT2D eigenvalue weighted by Gasteiger charge is -2.23. The standard InChI is InChI=1S/C12H14Cl2N2O/c1-12(15,7-2-3-7)11(17)16-8-4-5-9(13)10(14)6-8/h4-7H,2-3,15H2,1H3,(H,16,17). The lowest BCUT2D eigenvalue weighted by atomic mass is 9.96. The second kappa shape index (κ2) is 4.48. The first-order chi connectivity index (χ1) is 7.91. The fourth-order valence-electron chi connectivity index (χ4n) is 1.71. The molecule has 0 bridgehead atoms. The molecule has 1 aliphatic carbocycles. The van der Waals surface area contributed by atoms with E-state index in [2.05, 4.69) is 5.32 Å². The van der Waals surface area contributed by atoms with Crippen molar-refractivity contribution in [1.82, 2.24) is 0 Å². The molecule has 1 saturated carbocycles. The minimum absolute atomic E-state index is 0.182. The predicted octanol–water partition coefficient (Wildman–Crippen LogP) is 3.06. The average Bonchev–Trinajstić information content (AvgIpc) is 3.07. The first-order valence-electron chi connectivity index (χ1n) is 5.46. The molecule has 3 nitrogen and oxygen atoms in total. The van der Waals surface area contributed by atoms with Crippen LogP contribution >= 0.6 is 23.2 Å². The van der Waals surface area contributed by atoms with E-state index in [0.29, 0.717) is 15.7 Å². The maximum absolute atomic E-state index is 12.0. The van der Waals surface area contributed by atoms with Crippen molar-refractivity contribution < 1.29 is 4.79 Å². The van der Waals surface area contributed by atoms with E-state index in [1.54, 1.807) is 25.1 Å². The van der Waals surface area contributed by atoms with Gasteiger partial charge in [-0.15, -0.1) is 0 Å². The van der Waals surface area contributed by atoms with Gasteiger partial charge < -0.3 is 11.1 Å². The van der Waals surface area contributed by atoms with Crippen LogP contribution in [0.1, 0.15) is 19.8 Å². The number of rotatable bonds is 3. The van der Waals surface area contributed by atoms with Gasteiger partial charge in [-0.1, -0.05) is 23.2 Å². The number of hydrogen-bond acceptors (Lipinski definition) is 2. The third-order valence-electron chi connectivity index (χ3n) is 3.09. The van der Waals surface area contributed by atoms with Gasteiger partial charge >= 0.3 is 0 Å². The number of carbonyl (C=O) groups excluding carboxylic acids is 1. The molecular formula is C12H14Cl2N2O. The Morgan fingerprint density at radius 2 is 2.06 bits per heavy atom. The van der Waals surface area contributed by atoms with Gasteiger partial charge in [0.25, 0.3) is 0 Å². The Morgan fingerprint density at radius 3 is 2.59 bits per heavy atom. The normalized spacial score (nSPS) is 18.6. The van der Waals surface area contributed by atoms with Crippen molar-refractivity contribution in [2.45, 2.75) is 25.3 Å². The van der Waals surface area contributed by atoms with E-state index < -0.39 is 5.54 Å². The van der Waals surface area contributed by atoms with Gasteiger partial charge in [0.05, 0.1) is 15.6 Å². The predicted molar refractivity (Wildman–Crippen MR) is 70.4 cm³/mol. The van der Waals surface area contributed by atoms with Crippen molar-refractivity contribution in [2.75, 3.05) is 5.32 Å². The molecular weight excluding hydrogens is 259 g/mol. The van der Waals surface area contributed by atoms with Crippen LogP contribution in [0.3, 0.4) is 0 Å².